The van der Waals surface area contributed by atoms with Gasteiger partial charge >= 0.3 is 12.1 Å². The molecule has 65 heavy (non-hydrogen) atoms. The quantitative estimate of drug-likeness (QED) is 0.0976. The van der Waals surface area contributed by atoms with Crippen LogP contribution in [0.4, 0.5) is 25.4 Å². The fraction of sp³-hybridized carbons (Fsp3) is 0.413. The molecule has 2 aromatic carbocycles. The summed E-state index contributed by atoms with van der Waals surface area (Å²) in [4.78, 5) is 73.7. The molecular weight excluding hydrogens is 859 g/mol. The molecule has 0 bridgehead atoms. The third-order valence-electron chi connectivity index (χ3n) is 11.7. The highest BCUT2D eigenvalue weighted by molar-refractivity contribution is 6.34. The molecule has 6 heterocycles. The number of carbonyl (C=O) groups excluding carboxylic acids is 4. The van der Waals surface area contributed by atoms with E-state index in [1.54, 1.807) is 42.3 Å². The van der Waals surface area contributed by atoms with E-state index in [1.165, 1.54) is 28.3 Å². The predicted octanol–water partition coefficient (Wildman–Crippen LogP) is 6.24. The maximum absolute atomic E-state index is 15.1. The second-order valence-corrected chi connectivity index (χ2v) is 18.4. The van der Waals surface area contributed by atoms with Crippen molar-refractivity contribution in [3.63, 3.8) is 0 Å². The minimum atomic E-state index is -0.944. The Morgan fingerprint density at radius 3 is 2.48 bits per heavy atom. The zero-order valence-corrected chi connectivity index (χ0v) is 37.5. The van der Waals surface area contributed by atoms with Crippen LogP contribution < -0.4 is 25.0 Å². The number of nitrogens with zero attached hydrogens (tertiary/aromatic N) is 7. The first-order valence-electron chi connectivity index (χ1n) is 21.6. The average Bonchev–Trinajstić information content (AvgIpc) is 3.70. The van der Waals surface area contributed by atoms with Crippen LogP contribution in [-0.2, 0) is 9.59 Å². The van der Waals surface area contributed by atoms with Gasteiger partial charge in [0.2, 0.25) is 11.8 Å². The maximum Gasteiger partial charge on any atom is 0.328 e. The number of hydrogen-bond acceptors (Lipinski definition) is 11. The van der Waals surface area contributed by atoms with Crippen LogP contribution in [0.5, 0.6) is 11.6 Å². The molecule has 3 aliphatic rings. The Kier molecular flexibility index (Phi) is 12.9. The summed E-state index contributed by atoms with van der Waals surface area (Å²) in [7, 11) is 0. The van der Waals surface area contributed by atoms with Gasteiger partial charge in [0.25, 0.3) is 5.91 Å². The molecule has 3 fully saturated rings. The van der Waals surface area contributed by atoms with E-state index >= 15 is 4.39 Å². The molecule has 0 saturated carbocycles. The highest BCUT2D eigenvalue weighted by Crippen LogP contribution is 2.37. The molecule has 17 nitrogen and oxygen atoms in total. The van der Waals surface area contributed by atoms with Crippen molar-refractivity contribution >= 4 is 57.9 Å². The zero-order valence-electron chi connectivity index (χ0n) is 36.7. The molecule has 0 radical (unpaired) electrons. The maximum atomic E-state index is 15.1. The van der Waals surface area contributed by atoms with E-state index in [0.29, 0.717) is 95.1 Å². The second kappa shape index (κ2) is 18.6. The standard InChI is InChI=1S/C46H52ClFN10O7/c1-28-32(18-30(48)19-35(28)53-43(61)57-25-46(63,26-57)24-45(2,3)4)41-33-21-36(52-42(33)51-27-50-41)29-6-9-39(49-22-29)64-17-5-11-55-13-15-56(16-14-55)40(60)23-65-31-7-8-34(47)37(20-31)58-12-10-38(59)54-44(58)62/h6-9,18-22,27,63H,5,10-17,23-26H2,1-4H3,(H,53,61)(H,50,51,52)(H,54,59,62). The van der Waals surface area contributed by atoms with E-state index in [0.717, 1.165) is 24.2 Å². The minimum Gasteiger partial charge on any atom is -0.484 e. The Morgan fingerprint density at radius 2 is 1.75 bits per heavy atom. The Hall–Kier alpha value is -6.37. The Bertz CT molecular complexity index is 2610. The summed E-state index contributed by atoms with van der Waals surface area (Å²) < 4.78 is 26.9. The normalized spacial score (nSPS) is 16.6. The van der Waals surface area contributed by atoms with E-state index in [2.05, 4.69) is 35.5 Å². The fourth-order valence-electron chi connectivity index (χ4n) is 8.60. The number of H-pyrrole nitrogens is 1. The smallest absolute Gasteiger partial charge is 0.328 e. The molecule has 8 rings (SSSR count). The third-order valence-corrected chi connectivity index (χ3v) is 12.0. The number of fused-ring (bicyclic) bond motifs is 1. The van der Waals surface area contributed by atoms with Crippen molar-refractivity contribution in [1.29, 1.82) is 0 Å². The van der Waals surface area contributed by atoms with Crippen LogP contribution >= 0.6 is 11.6 Å². The van der Waals surface area contributed by atoms with Crippen LogP contribution in [0.3, 0.4) is 0 Å². The number of carbonyl (C=O) groups is 4. The predicted molar refractivity (Wildman–Crippen MR) is 242 cm³/mol. The van der Waals surface area contributed by atoms with Gasteiger partial charge in [0.05, 0.1) is 36.1 Å². The van der Waals surface area contributed by atoms with Crippen LogP contribution in [0, 0.1) is 18.2 Å². The number of ether oxygens (including phenoxy) is 2. The Balaban J connectivity index is 0.797. The summed E-state index contributed by atoms with van der Waals surface area (Å²) >= 11 is 6.33. The number of aliphatic hydroxyl groups is 1. The summed E-state index contributed by atoms with van der Waals surface area (Å²) in [5.41, 5.74) is 3.39. The third kappa shape index (κ3) is 10.6. The van der Waals surface area contributed by atoms with Crippen LogP contribution in [0.2, 0.25) is 5.02 Å². The Labute approximate surface area is 380 Å². The van der Waals surface area contributed by atoms with Gasteiger partial charge in [0.15, 0.2) is 6.61 Å². The number of imide groups is 1. The second-order valence-electron chi connectivity index (χ2n) is 18.0. The number of benzene rings is 2. The monoisotopic (exact) mass is 910 g/mol. The van der Waals surface area contributed by atoms with Gasteiger partial charge < -0.3 is 34.7 Å². The number of rotatable bonds is 13. The number of hydrogen-bond donors (Lipinski definition) is 4. The van der Waals surface area contributed by atoms with Gasteiger partial charge in [-0.2, -0.15) is 0 Å². The summed E-state index contributed by atoms with van der Waals surface area (Å²) in [5, 5.41) is 17.0. The van der Waals surface area contributed by atoms with Crippen molar-refractivity contribution in [2.45, 2.75) is 52.6 Å². The number of aromatic nitrogens is 4. The van der Waals surface area contributed by atoms with Crippen molar-refractivity contribution in [1.82, 2.24) is 40.0 Å². The van der Waals surface area contributed by atoms with E-state index in [4.69, 9.17) is 21.1 Å². The first-order chi connectivity index (χ1) is 31.0. The lowest BCUT2D eigenvalue weighted by atomic mass is 9.78. The highest BCUT2D eigenvalue weighted by atomic mass is 35.5. The number of aromatic amines is 1. The van der Waals surface area contributed by atoms with E-state index < -0.39 is 23.5 Å². The largest absolute Gasteiger partial charge is 0.484 e. The van der Waals surface area contributed by atoms with Crippen LogP contribution in [0.15, 0.2) is 61.1 Å². The molecular formula is C46H52ClFN10O7. The SMILES string of the molecule is Cc1c(NC(=O)N2CC(O)(CC(C)(C)C)C2)cc(F)cc1-c1ncnc2[nH]c(-c3ccc(OCCCN4CCN(C(=O)COc5ccc(Cl)c(N6CCC(=O)NC6=O)c5)CC4)nc3)cc12. The van der Waals surface area contributed by atoms with Gasteiger partial charge in [0, 0.05) is 91.9 Å². The van der Waals surface area contributed by atoms with Gasteiger partial charge in [-0.25, -0.2) is 28.9 Å². The van der Waals surface area contributed by atoms with E-state index in [1.807, 2.05) is 32.9 Å². The topological polar surface area (TPSA) is 198 Å². The van der Waals surface area contributed by atoms with Gasteiger partial charge in [-0.05, 0) is 67.1 Å². The molecule has 4 N–H and O–H groups in total. The van der Waals surface area contributed by atoms with Crippen molar-refractivity contribution in [2.75, 3.05) is 75.8 Å². The molecule has 3 aliphatic heterocycles. The van der Waals surface area contributed by atoms with Crippen LogP contribution in [-0.4, -0.2) is 135 Å². The molecule has 0 atom stereocenters. The first kappa shape index (κ1) is 45.2. The number of nitrogens with one attached hydrogen (secondary N) is 3. The number of piperazine rings is 1. The minimum absolute atomic E-state index is 0.0920. The van der Waals surface area contributed by atoms with Crippen LogP contribution in [0.25, 0.3) is 33.5 Å². The number of anilines is 2. The van der Waals surface area contributed by atoms with Gasteiger partial charge in [-0.1, -0.05) is 32.4 Å². The summed E-state index contributed by atoms with van der Waals surface area (Å²) in [6.07, 6.45) is 4.59. The molecule has 6 amide bonds. The highest BCUT2D eigenvalue weighted by Gasteiger charge is 2.46. The summed E-state index contributed by atoms with van der Waals surface area (Å²) in [6.45, 7) is 12.2. The van der Waals surface area contributed by atoms with Gasteiger partial charge in [-0.3, -0.25) is 24.7 Å². The van der Waals surface area contributed by atoms with Gasteiger partial charge in [-0.15, -0.1) is 0 Å². The van der Waals surface area contributed by atoms with Crippen LogP contribution in [0.1, 0.15) is 45.6 Å². The molecule has 342 valence electrons. The van der Waals surface area contributed by atoms with Crippen molar-refractivity contribution < 1.29 is 38.1 Å². The summed E-state index contributed by atoms with van der Waals surface area (Å²) in [6, 6.07) is 12.1. The molecule has 0 spiro atoms. The first-order valence-corrected chi connectivity index (χ1v) is 21.9. The number of likely N-dealkylation sites (tertiary alicyclic amines) is 1. The lowest BCUT2D eigenvalue weighted by Crippen LogP contribution is -2.65. The summed E-state index contributed by atoms with van der Waals surface area (Å²) in [5.74, 6) is -0.158. The van der Waals surface area contributed by atoms with Crippen molar-refractivity contribution in [3.8, 4) is 34.1 Å². The molecule has 0 unspecified atom stereocenters. The lowest BCUT2D eigenvalue weighted by Gasteiger charge is -2.48. The van der Waals surface area contributed by atoms with E-state index in [9.17, 15) is 24.3 Å². The molecule has 19 heteroatoms. The molecule has 0 aliphatic carbocycles. The molecule has 5 aromatic rings. The lowest BCUT2D eigenvalue weighted by molar-refractivity contribution is -0.135. The average molecular weight is 911 g/mol. The number of pyridine rings is 1. The Morgan fingerprint density at radius 1 is 0.969 bits per heavy atom. The molecule has 3 saturated heterocycles. The number of halogens is 2. The zero-order chi connectivity index (χ0) is 46.0. The number of amides is 6. The number of β-amino-alcohol motifs (C(OH)–C–C–N with tert-alkyl or cyclic N) is 1. The van der Waals surface area contributed by atoms with Crippen molar-refractivity contribution in [2.24, 2.45) is 5.41 Å². The number of urea groups is 2. The van der Waals surface area contributed by atoms with E-state index in [-0.39, 0.29) is 49.9 Å². The fourth-order valence-corrected chi connectivity index (χ4v) is 8.82. The molecule has 3 aromatic heterocycles. The van der Waals surface area contributed by atoms with Gasteiger partial charge in [0.1, 0.15) is 29.1 Å². The van der Waals surface area contributed by atoms with Crippen molar-refractivity contribution in [3.05, 3.63) is 77.5 Å².